The zero-order chi connectivity index (χ0) is 15.1. The standard InChI is InChI=1S/C13H16ClFN2O2S/c1-19-7-6-17(5-4-12(16)20)13(18)10-3-2-9(14)8-11(10)15/h2-3,8H,4-7H2,1H3,(H2,16,20). The number of amides is 1. The molecule has 0 aliphatic rings. The summed E-state index contributed by atoms with van der Waals surface area (Å²) in [5.41, 5.74) is 5.39. The van der Waals surface area contributed by atoms with E-state index in [9.17, 15) is 9.18 Å². The summed E-state index contributed by atoms with van der Waals surface area (Å²) in [6, 6.07) is 3.94. The molecule has 2 N–H and O–H groups in total. The van der Waals surface area contributed by atoms with Crippen LogP contribution < -0.4 is 5.73 Å². The number of benzene rings is 1. The van der Waals surface area contributed by atoms with Gasteiger partial charge in [-0.1, -0.05) is 23.8 Å². The molecule has 0 bridgehead atoms. The molecule has 4 nitrogen and oxygen atoms in total. The number of halogens is 2. The maximum atomic E-state index is 13.8. The molecule has 1 aromatic rings. The molecule has 0 atom stereocenters. The molecule has 0 aromatic heterocycles. The van der Waals surface area contributed by atoms with Crippen molar-refractivity contribution in [1.29, 1.82) is 0 Å². The summed E-state index contributed by atoms with van der Waals surface area (Å²) in [6.45, 7) is 0.998. The summed E-state index contributed by atoms with van der Waals surface area (Å²) < 4.78 is 18.7. The van der Waals surface area contributed by atoms with E-state index in [1.165, 1.54) is 24.1 Å². The van der Waals surface area contributed by atoms with Crippen LogP contribution >= 0.6 is 23.8 Å². The van der Waals surface area contributed by atoms with Crippen LogP contribution in [0.25, 0.3) is 0 Å². The maximum absolute atomic E-state index is 13.8. The largest absolute Gasteiger partial charge is 0.393 e. The minimum atomic E-state index is -0.653. The molecule has 0 spiro atoms. The van der Waals surface area contributed by atoms with Crippen LogP contribution in [-0.2, 0) is 4.74 Å². The number of ether oxygens (including phenoxy) is 1. The molecular weight excluding hydrogens is 303 g/mol. The molecular formula is C13H16ClFN2O2S. The lowest BCUT2D eigenvalue weighted by Crippen LogP contribution is -2.36. The molecule has 7 heteroatoms. The molecule has 0 saturated carbocycles. The van der Waals surface area contributed by atoms with Crippen molar-refractivity contribution < 1.29 is 13.9 Å². The molecule has 0 unspecified atom stereocenters. The van der Waals surface area contributed by atoms with Gasteiger partial charge < -0.3 is 15.4 Å². The van der Waals surface area contributed by atoms with Gasteiger partial charge in [-0.25, -0.2) is 4.39 Å². The van der Waals surface area contributed by atoms with Crippen molar-refractivity contribution in [2.45, 2.75) is 6.42 Å². The van der Waals surface area contributed by atoms with Crippen molar-refractivity contribution in [3.63, 3.8) is 0 Å². The monoisotopic (exact) mass is 318 g/mol. The number of rotatable bonds is 7. The molecule has 0 aliphatic heterocycles. The fraction of sp³-hybridized carbons (Fsp3) is 0.385. The average molecular weight is 319 g/mol. The first-order valence-corrected chi connectivity index (χ1v) is 6.76. The van der Waals surface area contributed by atoms with Crippen molar-refractivity contribution in [2.24, 2.45) is 5.73 Å². The summed E-state index contributed by atoms with van der Waals surface area (Å²) in [5, 5.41) is 0.241. The van der Waals surface area contributed by atoms with Gasteiger partial charge in [0.2, 0.25) is 0 Å². The summed E-state index contributed by atoms with van der Waals surface area (Å²) in [6.07, 6.45) is 0.375. The van der Waals surface area contributed by atoms with Crippen LogP contribution in [0.4, 0.5) is 4.39 Å². The number of nitrogens with two attached hydrogens (primary N) is 1. The zero-order valence-electron chi connectivity index (χ0n) is 11.1. The van der Waals surface area contributed by atoms with E-state index in [1.54, 1.807) is 0 Å². The van der Waals surface area contributed by atoms with E-state index in [0.29, 0.717) is 31.1 Å². The van der Waals surface area contributed by atoms with Gasteiger partial charge in [-0.05, 0) is 18.2 Å². The number of carbonyl (C=O) groups is 1. The van der Waals surface area contributed by atoms with E-state index < -0.39 is 11.7 Å². The Morgan fingerprint density at radius 3 is 2.75 bits per heavy atom. The molecule has 0 fully saturated rings. The summed E-state index contributed by atoms with van der Waals surface area (Å²) >= 11 is 10.5. The molecule has 110 valence electrons. The number of nitrogens with zero attached hydrogens (tertiary/aromatic N) is 1. The highest BCUT2D eigenvalue weighted by Crippen LogP contribution is 2.16. The Bertz CT molecular complexity index is 499. The lowest BCUT2D eigenvalue weighted by molar-refractivity contribution is 0.0696. The van der Waals surface area contributed by atoms with Crippen LogP contribution in [0.15, 0.2) is 18.2 Å². The summed E-state index contributed by atoms with van der Waals surface area (Å²) in [4.78, 5) is 14.1. The molecule has 1 amide bonds. The molecule has 1 aromatic carbocycles. The maximum Gasteiger partial charge on any atom is 0.256 e. The highest BCUT2D eigenvalue weighted by molar-refractivity contribution is 7.80. The first-order valence-electron chi connectivity index (χ1n) is 5.97. The van der Waals surface area contributed by atoms with Gasteiger partial charge >= 0.3 is 0 Å². The lowest BCUT2D eigenvalue weighted by atomic mass is 10.1. The first kappa shape index (κ1) is 16.8. The Morgan fingerprint density at radius 2 is 2.20 bits per heavy atom. The SMILES string of the molecule is COCCN(CCC(N)=S)C(=O)c1ccc(Cl)cc1F. The molecule has 1 rings (SSSR count). The Morgan fingerprint density at radius 1 is 1.50 bits per heavy atom. The van der Waals surface area contributed by atoms with Gasteiger partial charge in [-0.3, -0.25) is 4.79 Å². The van der Waals surface area contributed by atoms with E-state index >= 15 is 0 Å². The molecule has 0 radical (unpaired) electrons. The van der Waals surface area contributed by atoms with Gasteiger partial charge in [-0.15, -0.1) is 0 Å². The van der Waals surface area contributed by atoms with Crippen LogP contribution in [0.5, 0.6) is 0 Å². The van der Waals surface area contributed by atoms with Crippen LogP contribution in [0.2, 0.25) is 5.02 Å². The third kappa shape index (κ3) is 5.03. The van der Waals surface area contributed by atoms with Crippen molar-refractivity contribution in [3.8, 4) is 0 Å². The normalized spacial score (nSPS) is 10.3. The Labute approximate surface area is 127 Å². The quantitative estimate of drug-likeness (QED) is 0.783. The molecule has 0 aliphatic carbocycles. The van der Waals surface area contributed by atoms with Crippen LogP contribution in [0, 0.1) is 5.82 Å². The van der Waals surface area contributed by atoms with E-state index in [2.05, 4.69) is 0 Å². The molecule has 0 heterocycles. The number of hydrogen-bond acceptors (Lipinski definition) is 3. The Hall–Kier alpha value is -1.24. The van der Waals surface area contributed by atoms with Gasteiger partial charge in [0, 0.05) is 31.6 Å². The third-order valence-corrected chi connectivity index (χ3v) is 3.08. The predicted octanol–water partition coefficient (Wildman–Crippen LogP) is 2.24. The third-order valence-electron chi connectivity index (χ3n) is 2.64. The first-order chi connectivity index (χ1) is 9.45. The van der Waals surface area contributed by atoms with E-state index in [-0.39, 0.29) is 10.6 Å². The fourth-order valence-electron chi connectivity index (χ4n) is 1.59. The van der Waals surface area contributed by atoms with Crippen LogP contribution in [0.3, 0.4) is 0 Å². The minimum Gasteiger partial charge on any atom is -0.393 e. The topological polar surface area (TPSA) is 55.6 Å². The fourth-order valence-corrected chi connectivity index (χ4v) is 1.84. The van der Waals surface area contributed by atoms with Gasteiger partial charge in [0.15, 0.2) is 0 Å². The van der Waals surface area contributed by atoms with Crippen molar-refractivity contribution in [3.05, 3.63) is 34.6 Å². The summed E-state index contributed by atoms with van der Waals surface area (Å²) in [5.74, 6) is -1.09. The Balaban J connectivity index is 2.87. The highest BCUT2D eigenvalue weighted by atomic mass is 35.5. The number of hydrogen-bond donors (Lipinski definition) is 1. The second kappa shape index (κ2) is 8.14. The second-order valence-electron chi connectivity index (χ2n) is 4.13. The van der Waals surface area contributed by atoms with Gasteiger partial charge in [0.1, 0.15) is 5.82 Å². The van der Waals surface area contributed by atoms with Crippen molar-refractivity contribution in [1.82, 2.24) is 4.90 Å². The van der Waals surface area contributed by atoms with E-state index in [0.717, 1.165) is 6.07 Å². The molecule has 0 saturated heterocycles. The number of carbonyl (C=O) groups excluding carboxylic acids is 1. The van der Waals surface area contributed by atoms with Crippen LogP contribution in [-0.4, -0.2) is 42.6 Å². The number of methoxy groups -OCH3 is 1. The smallest absolute Gasteiger partial charge is 0.256 e. The Kier molecular flexibility index (Phi) is 6.84. The lowest BCUT2D eigenvalue weighted by Gasteiger charge is -2.22. The van der Waals surface area contributed by atoms with Crippen LogP contribution in [0.1, 0.15) is 16.8 Å². The number of thiocarbonyl (C=S) groups is 1. The molecule has 20 heavy (non-hydrogen) atoms. The highest BCUT2D eigenvalue weighted by Gasteiger charge is 2.19. The minimum absolute atomic E-state index is 0.0338. The zero-order valence-corrected chi connectivity index (χ0v) is 12.6. The van der Waals surface area contributed by atoms with Gasteiger partial charge in [0.25, 0.3) is 5.91 Å². The summed E-state index contributed by atoms with van der Waals surface area (Å²) in [7, 11) is 1.53. The second-order valence-corrected chi connectivity index (χ2v) is 5.09. The van der Waals surface area contributed by atoms with Gasteiger partial charge in [-0.2, -0.15) is 0 Å². The van der Waals surface area contributed by atoms with Crippen molar-refractivity contribution >= 4 is 34.7 Å². The predicted molar refractivity (Wildman–Crippen MR) is 80.6 cm³/mol. The van der Waals surface area contributed by atoms with Crippen molar-refractivity contribution in [2.75, 3.05) is 26.8 Å². The average Bonchev–Trinajstić information content (AvgIpc) is 2.38. The van der Waals surface area contributed by atoms with Gasteiger partial charge in [0.05, 0.1) is 17.2 Å². The van der Waals surface area contributed by atoms with E-state index in [1.807, 2.05) is 0 Å². The van der Waals surface area contributed by atoms with E-state index in [4.69, 9.17) is 34.3 Å².